The molecule has 1 N–H and O–H groups in total. The van der Waals surface area contributed by atoms with Crippen molar-refractivity contribution in [1.29, 1.82) is 0 Å². The number of hydrogen-bond acceptors (Lipinski definition) is 5. The van der Waals surface area contributed by atoms with Crippen molar-refractivity contribution in [2.45, 2.75) is 24.1 Å². The fourth-order valence-electron chi connectivity index (χ4n) is 2.26. The number of allylic oxidation sites excluding steroid dienone is 1. The van der Waals surface area contributed by atoms with E-state index in [4.69, 9.17) is 23.2 Å². The summed E-state index contributed by atoms with van der Waals surface area (Å²) in [5.41, 5.74) is -7.61. The number of amidine groups is 1. The van der Waals surface area contributed by atoms with E-state index in [9.17, 15) is 54.0 Å². The van der Waals surface area contributed by atoms with Gasteiger partial charge in [-0.1, -0.05) is 35.0 Å². The molecule has 0 bridgehead atoms. The van der Waals surface area contributed by atoms with Crippen LogP contribution in [0.4, 0.5) is 55.3 Å². The summed E-state index contributed by atoms with van der Waals surface area (Å²) in [5, 5.41) is 10.00. The van der Waals surface area contributed by atoms with Crippen LogP contribution in [0.1, 0.15) is 0 Å². The topological polar surface area (TPSA) is 67.5 Å². The summed E-state index contributed by atoms with van der Waals surface area (Å²) in [4.78, 5) is 9.29. The van der Waals surface area contributed by atoms with Crippen LogP contribution in [0, 0.1) is 10.1 Å². The summed E-state index contributed by atoms with van der Waals surface area (Å²) in [6.07, 6.45) is -19.4. The van der Waals surface area contributed by atoms with Crippen molar-refractivity contribution in [3.63, 3.8) is 0 Å². The van der Waals surface area contributed by atoms with Gasteiger partial charge < -0.3 is 5.32 Å². The number of rotatable bonds is 2. The molecule has 2 rings (SSSR count). The molecule has 1 aromatic carbocycles. The highest BCUT2D eigenvalue weighted by molar-refractivity contribution is 8.17. The predicted molar refractivity (Wildman–Crippen MR) is 90.8 cm³/mol. The second-order valence-corrected chi connectivity index (χ2v) is 7.29. The molecule has 0 spiro atoms. The maximum Gasteiger partial charge on any atom is 0.443 e. The number of nitrogens with one attached hydrogen (secondary N) is 1. The molecule has 0 aliphatic carbocycles. The number of anilines is 1. The Morgan fingerprint density at radius 1 is 1.06 bits per heavy atom. The first-order valence-corrected chi connectivity index (χ1v) is 8.70. The lowest BCUT2D eigenvalue weighted by Crippen LogP contribution is -2.55. The second kappa shape index (κ2) is 7.88. The number of halogens is 12. The third kappa shape index (κ3) is 4.37. The molecule has 0 saturated carbocycles. The van der Waals surface area contributed by atoms with Crippen LogP contribution in [-0.4, -0.2) is 34.2 Å². The summed E-state index contributed by atoms with van der Waals surface area (Å²) < 4.78 is 132. The van der Waals surface area contributed by atoms with Crippen molar-refractivity contribution in [2.24, 2.45) is 4.99 Å². The fraction of sp³-hybridized carbons (Fsp3) is 0.308. The second-order valence-electron chi connectivity index (χ2n) is 5.51. The van der Waals surface area contributed by atoms with Crippen molar-refractivity contribution < 1.29 is 48.8 Å². The third-order valence-electron chi connectivity index (χ3n) is 3.56. The van der Waals surface area contributed by atoms with E-state index in [0.717, 1.165) is 6.07 Å². The number of nitro groups is 1. The Kier molecular flexibility index (Phi) is 6.44. The van der Waals surface area contributed by atoms with Gasteiger partial charge in [0.05, 0.1) is 14.9 Å². The molecule has 1 heterocycles. The number of nitrogens with zero attached hydrogens (tertiary/aromatic N) is 2. The zero-order chi connectivity index (χ0) is 24.2. The molecule has 0 fully saturated rings. The van der Waals surface area contributed by atoms with E-state index in [2.05, 4.69) is 4.99 Å². The van der Waals surface area contributed by atoms with E-state index in [1.807, 2.05) is 0 Å². The average molecular weight is 526 g/mol. The van der Waals surface area contributed by atoms with E-state index in [1.165, 1.54) is 0 Å². The van der Waals surface area contributed by atoms with Gasteiger partial charge in [0.15, 0.2) is 5.17 Å². The van der Waals surface area contributed by atoms with E-state index in [-0.39, 0.29) is 0 Å². The number of aliphatic imine (C=N–C) groups is 1. The van der Waals surface area contributed by atoms with Gasteiger partial charge in [0, 0.05) is 0 Å². The summed E-state index contributed by atoms with van der Waals surface area (Å²) >= 11 is 10.1. The van der Waals surface area contributed by atoms with Crippen molar-refractivity contribution in [1.82, 2.24) is 0 Å². The maximum absolute atomic E-state index is 13.7. The summed E-state index contributed by atoms with van der Waals surface area (Å²) in [7, 11) is 0. The predicted octanol–water partition coefficient (Wildman–Crippen LogP) is 7.02. The molecule has 18 heteroatoms. The van der Waals surface area contributed by atoms with E-state index in [1.54, 1.807) is 5.32 Å². The molecule has 1 aliphatic rings. The molecule has 1 aromatic rings. The van der Waals surface area contributed by atoms with Crippen LogP contribution >= 0.6 is 35.0 Å². The fourth-order valence-corrected chi connectivity index (χ4v) is 3.82. The average Bonchev–Trinajstić information content (AvgIpc) is 2.96. The van der Waals surface area contributed by atoms with Gasteiger partial charge >= 0.3 is 24.2 Å². The number of benzene rings is 1. The summed E-state index contributed by atoms with van der Waals surface area (Å²) in [6, 6.07) is 1.55. The first kappa shape index (κ1) is 25.3. The van der Waals surface area contributed by atoms with E-state index in [0.29, 0.717) is 6.07 Å². The lowest BCUT2D eigenvalue weighted by atomic mass is 9.97. The molecule has 0 aromatic heterocycles. The first-order chi connectivity index (χ1) is 13.8. The molecule has 5 nitrogen and oxygen atoms in total. The van der Waals surface area contributed by atoms with Gasteiger partial charge in [-0.3, -0.25) is 10.1 Å². The van der Waals surface area contributed by atoms with Crippen molar-refractivity contribution in [2.75, 3.05) is 5.32 Å². The Morgan fingerprint density at radius 3 is 2.00 bits per heavy atom. The van der Waals surface area contributed by atoms with Gasteiger partial charge in [0.25, 0.3) is 5.54 Å². The van der Waals surface area contributed by atoms with Crippen LogP contribution in [0.15, 0.2) is 27.9 Å². The molecule has 0 amide bonds. The van der Waals surface area contributed by atoms with Gasteiger partial charge in [0.1, 0.15) is 10.7 Å². The van der Waals surface area contributed by atoms with Crippen LogP contribution in [0.2, 0.25) is 10.0 Å². The molecular formula is C13H3Cl2F10N3O2S. The Labute approximate surface area is 178 Å². The minimum absolute atomic E-state index is 0.427. The Hall–Kier alpha value is -1.94. The Morgan fingerprint density at radius 2 is 1.58 bits per heavy atom. The van der Waals surface area contributed by atoms with E-state index >= 15 is 0 Å². The summed E-state index contributed by atoms with van der Waals surface area (Å²) in [6.45, 7) is 0. The molecule has 31 heavy (non-hydrogen) atoms. The van der Waals surface area contributed by atoms with Crippen LogP contribution in [0.5, 0.6) is 0 Å². The third-order valence-corrected chi connectivity index (χ3v) is 5.42. The normalized spacial score (nSPS) is 18.6. The largest absolute Gasteiger partial charge is 0.443 e. The Bertz CT molecular complexity index is 973. The van der Waals surface area contributed by atoms with Crippen molar-refractivity contribution in [3.05, 3.63) is 43.0 Å². The number of hydrogen-bond donors (Lipinski definition) is 1. The lowest BCUT2D eigenvalue weighted by Gasteiger charge is -2.31. The zero-order valence-electron chi connectivity index (χ0n) is 13.8. The van der Waals surface area contributed by atoms with Gasteiger partial charge in [-0.15, -0.1) is 0 Å². The highest BCUT2D eigenvalue weighted by atomic mass is 35.5. The smallest absolute Gasteiger partial charge is 0.329 e. The monoisotopic (exact) mass is 525 g/mol. The highest BCUT2D eigenvalue weighted by Crippen LogP contribution is 2.59. The van der Waals surface area contributed by atoms with Crippen LogP contribution in [0.3, 0.4) is 0 Å². The summed E-state index contributed by atoms with van der Waals surface area (Å²) in [5.74, 6) is -3.68. The SMILES string of the molecule is O=[N+]([O-])c1c(NC2=NC(C(F)(F)F)(C(F)(F)F)/C(=C(\F)C(F)(F)F)S2)ccc(Cl)c1Cl. The van der Waals surface area contributed by atoms with Gasteiger partial charge in [0.2, 0.25) is 5.83 Å². The van der Waals surface area contributed by atoms with Crippen LogP contribution in [-0.2, 0) is 0 Å². The molecule has 172 valence electrons. The standard InChI is InChI=1S/C13H3Cl2F10N3O2S/c14-3-1-2-4(6(5(3)15)28(29)30)26-9-27-10(12(20,21)22,13(23,24)25)8(31-9)7(16)11(17,18)19/h1-2H,(H,26,27)/b8-7+. The number of nitro benzene ring substituents is 1. The molecular weight excluding hydrogens is 523 g/mol. The minimum Gasteiger partial charge on any atom is -0.329 e. The van der Waals surface area contributed by atoms with E-state index < -0.39 is 78.1 Å². The minimum atomic E-state index is -6.57. The van der Waals surface area contributed by atoms with Gasteiger partial charge in [-0.05, 0) is 12.1 Å². The van der Waals surface area contributed by atoms with Gasteiger partial charge in [-0.2, -0.15) is 39.5 Å². The molecule has 0 saturated heterocycles. The highest BCUT2D eigenvalue weighted by Gasteiger charge is 2.77. The van der Waals surface area contributed by atoms with Gasteiger partial charge in [-0.25, -0.2) is 9.38 Å². The maximum atomic E-state index is 13.7. The lowest BCUT2D eigenvalue weighted by molar-refractivity contribution is -0.383. The zero-order valence-corrected chi connectivity index (χ0v) is 16.1. The molecule has 0 radical (unpaired) electrons. The quantitative estimate of drug-likeness (QED) is 0.256. The van der Waals surface area contributed by atoms with Crippen molar-refractivity contribution >= 4 is 51.5 Å². The molecule has 0 unspecified atom stereocenters. The molecule has 0 atom stereocenters. The first-order valence-electron chi connectivity index (χ1n) is 7.12. The van der Waals surface area contributed by atoms with Crippen molar-refractivity contribution in [3.8, 4) is 0 Å². The Balaban J connectivity index is 2.76. The number of alkyl halides is 9. The molecule has 1 aliphatic heterocycles. The number of thioether (sulfide) groups is 1. The van der Waals surface area contributed by atoms with Crippen LogP contribution < -0.4 is 5.32 Å². The van der Waals surface area contributed by atoms with Crippen LogP contribution in [0.25, 0.3) is 0 Å².